The van der Waals surface area contributed by atoms with Gasteiger partial charge in [0.25, 0.3) is 0 Å². The molecule has 0 aromatic heterocycles. The number of hydrogen-bond acceptors (Lipinski definition) is 5. The molecule has 1 aliphatic heterocycles. The van der Waals surface area contributed by atoms with Gasteiger partial charge in [0.05, 0.1) is 12.1 Å². The van der Waals surface area contributed by atoms with Gasteiger partial charge < -0.3 is 20.1 Å². The van der Waals surface area contributed by atoms with Crippen molar-refractivity contribution in [1.82, 2.24) is 10.2 Å². The monoisotopic (exact) mass is 516 g/mol. The minimum atomic E-state index is -0.512. The van der Waals surface area contributed by atoms with Crippen molar-refractivity contribution in [1.29, 1.82) is 0 Å². The van der Waals surface area contributed by atoms with E-state index in [0.29, 0.717) is 31.7 Å². The van der Waals surface area contributed by atoms with Crippen LogP contribution in [0, 0.1) is 0 Å². The molecule has 1 fully saturated rings. The minimum Gasteiger partial charge on any atom is -0.449 e. The van der Waals surface area contributed by atoms with Gasteiger partial charge in [-0.05, 0) is 47.2 Å². The normalized spacial score (nSPS) is 16.1. The third-order valence-corrected chi connectivity index (χ3v) is 8.27. The number of carbonyl (C=O) groups excluding carboxylic acids is 2. The van der Waals surface area contributed by atoms with Crippen molar-refractivity contribution in [3.8, 4) is 11.1 Å². The summed E-state index contributed by atoms with van der Waals surface area (Å²) in [7, 11) is 0. The number of benzene rings is 3. The third-order valence-electron chi connectivity index (χ3n) is 7.10. The predicted octanol–water partition coefficient (Wildman–Crippen LogP) is 5.06. The first-order chi connectivity index (χ1) is 18.1. The molecule has 1 aliphatic carbocycles. The maximum absolute atomic E-state index is 13.0. The third kappa shape index (κ3) is 6.17. The molecule has 1 heterocycles. The average Bonchev–Trinajstić information content (AvgIpc) is 3.25. The Bertz CT molecular complexity index is 1180. The zero-order chi connectivity index (χ0) is 25.6. The molecule has 1 unspecified atom stereocenters. The largest absolute Gasteiger partial charge is 0.449 e. The Kier molecular flexibility index (Phi) is 8.12. The summed E-state index contributed by atoms with van der Waals surface area (Å²) in [6.45, 7) is 1.32. The molecule has 0 saturated carbocycles. The van der Waals surface area contributed by atoms with Gasteiger partial charge in [-0.2, -0.15) is 0 Å². The number of aliphatic hydroxyl groups is 1. The second-order valence-electron chi connectivity index (χ2n) is 9.61. The Morgan fingerprint density at radius 3 is 2.16 bits per heavy atom. The van der Waals surface area contributed by atoms with Crippen LogP contribution in [0.3, 0.4) is 0 Å². The number of aliphatic hydroxyl groups excluding tert-OH is 1. The number of ether oxygens (including phenoxy) is 1. The second-order valence-corrected chi connectivity index (χ2v) is 10.7. The summed E-state index contributed by atoms with van der Waals surface area (Å²) in [4.78, 5) is 28.8. The number of alkyl carbamates (subject to hydrolysis) is 1. The van der Waals surface area contributed by atoms with Gasteiger partial charge in [-0.25, -0.2) is 4.79 Å². The van der Waals surface area contributed by atoms with Crippen LogP contribution >= 0.6 is 11.8 Å². The van der Waals surface area contributed by atoms with Crippen LogP contribution in [-0.4, -0.2) is 59.6 Å². The van der Waals surface area contributed by atoms with Crippen LogP contribution in [0.25, 0.3) is 11.1 Å². The van der Waals surface area contributed by atoms with Gasteiger partial charge in [0.2, 0.25) is 5.91 Å². The van der Waals surface area contributed by atoms with E-state index in [4.69, 9.17) is 4.74 Å². The van der Waals surface area contributed by atoms with Crippen LogP contribution in [0.15, 0.2) is 83.8 Å². The molecule has 0 radical (unpaired) electrons. The molecular formula is C30H32N2O4S. The summed E-state index contributed by atoms with van der Waals surface area (Å²) in [5, 5.41) is 12.7. The molecule has 3 aromatic rings. The maximum atomic E-state index is 13.0. The van der Waals surface area contributed by atoms with Gasteiger partial charge in [-0.3, -0.25) is 4.79 Å². The first kappa shape index (κ1) is 25.4. The number of nitrogens with zero attached hydrogens (tertiary/aromatic N) is 1. The Balaban J connectivity index is 1.22. The topological polar surface area (TPSA) is 78.9 Å². The van der Waals surface area contributed by atoms with Crippen molar-refractivity contribution in [3.63, 3.8) is 0 Å². The van der Waals surface area contributed by atoms with E-state index in [1.54, 1.807) is 16.7 Å². The fourth-order valence-corrected chi connectivity index (χ4v) is 6.07. The summed E-state index contributed by atoms with van der Waals surface area (Å²) in [5.41, 5.74) is 4.69. The van der Waals surface area contributed by atoms with Gasteiger partial charge >= 0.3 is 6.09 Å². The quantitative estimate of drug-likeness (QED) is 0.409. The molecule has 2 aliphatic rings. The van der Waals surface area contributed by atoms with Crippen LogP contribution in [0.5, 0.6) is 0 Å². The summed E-state index contributed by atoms with van der Waals surface area (Å²) in [6, 6.07) is 26.1. The first-order valence-electron chi connectivity index (χ1n) is 12.8. The highest BCUT2D eigenvalue weighted by atomic mass is 32.2. The zero-order valence-electron chi connectivity index (χ0n) is 20.7. The molecule has 0 spiro atoms. The first-order valence-corrected chi connectivity index (χ1v) is 13.8. The molecule has 192 valence electrons. The molecule has 5 rings (SSSR count). The molecule has 6 nitrogen and oxygen atoms in total. The van der Waals surface area contributed by atoms with Crippen LogP contribution in [0.4, 0.5) is 4.79 Å². The lowest BCUT2D eigenvalue weighted by Gasteiger charge is -2.31. The Morgan fingerprint density at radius 2 is 1.51 bits per heavy atom. The minimum absolute atomic E-state index is 0.00971. The summed E-state index contributed by atoms with van der Waals surface area (Å²) in [5.74, 6) is 0.525. The number of rotatable bonds is 8. The van der Waals surface area contributed by atoms with Crippen LogP contribution < -0.4 is 5.32 Å². The van der Waals surface area contributed by atoms with E-state index >= 15 is 0 Å². The molecule has 7 heteroatoms. The lowest BCUT2D eigenvalue weighted by atomic mass is 9.98. The highest BCUT2D eigenvalue weighted by Gasteiger charge is 2.30. The van der Waals surface area contributed by atoms with Crippen molar-refractivity contribution in [3.05, 3.63) is 90.0 Å². The smallest absolute Gasteiger partial charge is 0.407 e. The lowest BCUT2D eigenvalue weighted by Crippen LogP contribution is -2.45. The van der Waals surface area contributed by atoms with Gasteiger partial charge in [0.1, 0.15) is 6.61 Å². The van der Waals surface area contributed by atoms with E-state index in [1.165, 1.54) is 11.1 Å². The standard InChI is InChI=1S/C30H32N2O4S/c33-22-14-16-32(17-15-22)29(34)18-21(20-37-23-8-2-1-3-9-23)31-30(35)36-19-28-26-12-6-4-10-24(26)25-11-5-7-13-27(25)28/h1-13,21-22,28,33H,14-20H2,(H,31,35). The van der Waals surface area contributed by atoms with Crippen LogP contribution in [0.2, 0.25) is 0 Å². The maximum Gasteiger partial charge on any atom is 0.407 e. The van der Waals surface area contributed by atoms with Crippen molar-refractivity contribution >= 4 is 23.8 Å². The Labute approximate surface area is 222 Å². The number of thioether (sulfide) groups is 1. The van der Waals surface area contributed by atoms with Crippen LogP contribution in [0.1, 0.15) is 36.3 Å². The summed E-state index contributed by atoms with van der Waals surface area (Å²) >= 11 is 1.60. The Hall–Kier alpha value is -3.29. The van der Waals surface area contributed by atoms with E-state index in [1.807, 2.05) is 54.6 Å². The van der Waals surface area contributed by atoms with Gasteiger partial charge in [-0.1, -0.05) is 66.7 Å². The van der Waals surface area contributed by atoms with E-state index in [2.05, 4.69) is 29.6 Å². The molecule has 37 heavy (non-hydrogen) atoms. The SMILES string of the molecule is O=C(NC(CSc1ccccc1)CC(=O)N1CCC(O)CC1)OCC1c2ccccc2-c2ccccc21. The van der Waals surface area contributed by atoms with Crippen LogP contribution in [-0.2, 0) is 9.53 Å². The number of hydrogen-bond donors (Lipinski definition) is 2. The lowest BCUT2D eigenvalue weighted by molar-refractivity contribution is -0.133. The second kappa shape index (κ2) is 11.8. The van der Waals surface area contributed by atoms with Gasteiger partial charge in [0, 0.05) is 36.1 Å². The number of likely N-dealkylation sites (tertiary alicyclic amines) is 1. The molecular weight excluding hydrogens is 484 g/mol. The number of carbonyl (C=O) groups is 2. The van der Waals surface area contributed by atoms with Crippen molar-refractivity contribution in [2.75, 3.05) is 25.4 Å². The zero-order valence-corrected chi connectivity index (χ0v) is 21.5. The molecule has 3 aromatic carbocycles. The van der Waals surface area contributed by atoms with Gasteiger partial charge in [-0.15, -0.1) is 11.8 Å². The van der Waals surface area contributed by atoms with E-state index in [-0.39, 0.29) is 37.0 Å². The number of fused-ring (bicyclic) bond motifs is 3. The fraction of sp³-hybridized carbons (Fsp3) is 0.333. The number of piperidine rings is 1. The number of nitrogens with one attached hydrogen (secondary N) is 1. The highest BCUT2D eigenvalue weighted by Crippen LogP contribution is 2.44. The fourth-order valence-electron chi connectivity index (χ4n) is 5.13. The van der Waals surface area contributed by atoms with Gasteiger partial charge in [0.15, 0.2) is 0 Å². The van der Waals surface area contributed by atoms with Crippen molar-refractivity contribution < 1.29 is 19.4 Å². The van der Waals surface area contributed by atoms with E-state index in [9.17, 15) is 14.7 Å². The molecule has 2 N–H and O–H groups in total. The summed E-state index contributed by atoms with van der Waals surface area (Å²) < 4.78 is 5.75. The molecule has 2 amide bonds. The highest BCUT2D eigenvalue weighted by molar-refractivity contribution is 7.99. The average molecular weight is 517 g/mol. The molecule has 1 atom stereocenters. The van der Waals surface area contributed by atoms with Crippen molar-refractivity contribution in [2.45, 2.75) is 42.2 Å². The summed E-state index contributed by atoms with van der Waals surface area (Å²) in [6.07, 6.45) is 0.527. The van der Waals surface area contributed by atoms with Crippen molar-refractivity contribution in [2.24, 2.45) is 0 Å². The predicted molar refractivity (Wildman–Crippen MR) is 146 cm³/mol. The van der Waals surface area contributed by atoms with E-state index < -0.39 is 6.09 Å². The number of amides is 2. The molecule has 1 saturated heterocycles. The molecule has 0 bridgehead atoms. The van der Waals surface area contributed by atoms with E-state index in [0.717, 1.165) is 16.0 Å². The Morgan fingerprint density at radius 1 is 0.919 bits per heavy atom.